The summed E-state index contributed by atoms with van der Waals surface area (Å²) in [6.45, 7) is 1.25. The number of hydrogen-bond acceptors (Lipinski definition) is 10. The number of benzene rings is 1. The van der Waals surface area contributed by atoms with E-state index in [0.717, 1.165) is 24.4 Å². The molecule has 1 saturated carbocycles. The van der Waals surface area contributed by atoms with E-state index in [2.05, 4.69) is 30.6 Å². The second kappa shape index (κ2) is 10.1. The number of nitriles is 1. The third-order valence-electron chi connectivity index (χ3n) is 7.79. The smallest absolute Gasteiger partial charge is 0.329 e. The number of fused-ring (bicyclic) bond motifs is 2. The minimum absolute atomic E-state index is 0.124. The van der Waals surface area contributed by atoms with Crippen molar-refractivity contribution in [3.8, 4) is 12.1 Å². The summed E-state index contributed by atoms with van der Waals surface area (Å²) in [5.41, 5.74) is 1.33. The zero-order chi connectivity index (χ0) is 28.0. The van der Waals surface area contributed by atoms with Crippen LogP contribution in [0.25, 0.3) is 11.0 Å². The lowest BCUT2D eigenvalue weighted by atomic mass is 10.0. The number of pyridine rings is 1. The summed E-state index contributed by atoms with van der Waals surface area (Å²) in [5, 5.41) is 13.7. The summed E-state index contributed by atoms with van der Waals surface area (Å²) in [6, 6.07) is 12.3. The molecule has 4 heterocycles. The Labute approximate surface area is 235 Å². The SMILES string of the molecule is COc1nsc(NC(=O)N2C[C@H]3CC(N(C)c4c(C#N)cnc5c4ccn5S(=O)(=O)c4ccccc4)C[C@H]3C2)n1. The number of nitrogens with zero attached hydrogens (tertiary/aromatic N) is 7. The highest BCUT2D eigenvalue weighted by molar-refractivity contribution is 7.90. The lowest BCUT2D eigenvalue weighted by Gasteiger charge is -2.29. The number of urea groups is 1. The molecule has 3 aromatic heterocycles. The number of rotatable bonds is 6. The molecule has 206 valence electrons. The first-order valence-electron chi connectivity index (χ1n) is 12.7. The summed E-state index contributed by atoms with van der Waals surface area (Å²) in [7, 11) is -0.442. The predicted octanol–water partition coefficient (Wildman–Crippen LogP) is 3.38. The summed E-state index contributed by atoms with van der Waals surface area (Å²) in [4.78, 5) is 25.3. The van der Waals surface area contributed by atoms with E-state index >= 15 is 0 Å². The van der Waals surface area contributed by atoms with Crippen molar-refractivity contribution in [1.29, 1.82) is 5.26 Å². The summed E-state index contributed by atoms with van der Waals surface area (Å²) in [6.07, 6.45) is 4.62. The van der Waals surface area contributed by atoms with Gasteiger partial charge in [0.05, 0.1) is 23.3 Å². The summed E-state index contributed by atoms with van der Waals surface area (Å²) >= 11 is 1.07. The van der Waals surface area contributed by atoms with E-state index in [0.29, 0.717) is 46.7 Å². The van der Waals surface area contributed by atoms with Gasteiger partial charge in [0.2, 0.25) is 5.13 Å². The number of likely N-dealkylation sites (tertiary alicyclic amines) is 1. The molecule has 1 unspecified atom stereocenters. The van der Waals surface area contributed by atoms with Crippen LogP contribution in [0.5, 0.6) is 6.01 Å². The molecular formula is C26H26N8O4S2. The zero-order valence-electron chi connectivity index (χ0n) is 21.8. The van der Waals surface area contributed by atoms with E-state index in [9.17, 15) is 18.5 Å². The second-order valence-electron chi connectivity index (χ2n) is 9.98. The number of aromatic nitrogens is 4. The Morgan fingerprint density at radius 1 is 1.20 bits per heavy atom. The quantitative estimate of drug-likeness (QED) is 0.364. The van der Waals surface area contributed by atoms with E-state index in [4.69, 9.17) is 4.74 Å². The molecule has 4 aromatic rings. The van der Waals surface area contributed by atoms with Crippen LogP contribution in [0.15, 0.2) is 53.7 Å². The van der Waals surface area contributed by atoms with Gasteiger partial charge in [-0.15, -0.1) is 4.37 Å². The molecule has 14 heteroatoms. The van der Waals surface area contributed by atoms with Crippen molar-refractivity contribution in [2.75, 3.05) is 37.5 Å². The number of carbonyl (C=O) groups excluding carboxylic acids is 1. The Morgan fingerprint density at radius 3 is 2.58 bits per heavy atom. The molecule has 0 radical (unpaired) electrons. The van der Waals surface area contributed by atoms with Gasteiger partial charge in [-0.05, 0) is 42.9 Å². The van der Waals surface area contributed by atoms with E-state index in [1.807, 2.05) is 7.05 Å². The first-order chi connectivity index (χ1) is 19.3. The molecule has 12 nitrogen and oxygen atoms in total. The van der Waals surface area contributed by atoms with E-state index in [1.54, 1.807) is 41.3 Å². The van der Waals surface area contributed by atoms with Crippen LogP contribution in [-0.2, 0) is 10.0 Å². The zero-order valence-corrected chi connectivity index (χ0v) is 23.4. The van der Waals surface area contributed by atoms with Gasteiger partial charge in [0, 0.05) is 55.5 Å². The number of carbonyl (C=O) groups is 1. The Morgan fingerprint density at radius 2 is 1.93 bits per heavy atom. The number of hydrogen-bond donors (Lipinski definition) is 1. The highest BCUT2D eigenvalue weighted by Gasteiger charge is 2.44. The van der Waals surface area contributed by atoms with Crippen molar-refractivity contribution in [2.24, 2.45) is 11.8 Å². The maximum atomic E-state index is 13.3. The van der Waals surface area contributed by atoms with Crippen LogP contribution < -0.4 is 15.0 Å². The summed E-state index contributed by atoms with van der Waals surface area (Å²) < 4.78 is 36.8. The van der Waals surface area contributed by atoms with Crippen molar-refractivity contribution in [2.45, 2.75) is 23.8 Å². The van der Waals surface area contributed by atoms with E-state index in [-0.39, 0.29) is 28.6 Å². The molecule has 1 aliphatic heterocycles. The van der Waals surface area contributed by atoms with Crippen LogP contribution in [0.3, 0.4) is 0 Å². The molecule has 40 heavy (non-hydrogen) atoms. The highest BCUT2D eigenvalue weighted by atomic mass is 32.2. The van der Waals surface area contributed by atoms with Crippen LogP contribution in [0.1, 0.15) is 18.4 Å². The topological polar surface area (TPSA) is 146 Å². The molecule has 1 saturated heterocycles. The van der Waals surface area contributed by atoms with Crippen LogP contribution in [0, 0.1) is 23.2 Å². The van der Waals surface area contributed by atoms with E-state index < -0.39 is 10.0 Å². The molecule has 1 N–H and O–H groups in total. The largest absolute Gasteiger partial charge is 0.466 e. The summed E-state index contributed by atoms with van der Waals surface area (Å²) in [5.74, 6) is 0.626. The second-order valence-corrected chi connectivity index (χ2v) is 12.5. The van der Waals surface area contributed by atoms with Crippen LogP contribution in [-0.4, -0.2) is 71.0 Å². The van der Waals surface area contributed by atoms with Gasteiger partial charge in [-0.25, -0.2) is 22.2 Å². The molecule has 1 aromatic carbocycles. The van der Waals surface area contributed by atoms with Crippen LogP contribution in [0.4, 0.5) is 15.6 Å². The highest BCUT2D eigenvalue weighted by Crippen LogP contribution is 2.43. The Balaban J connectivity index is 1.21. The lowest BCUT2D eigenvalue weighted by molar-refractivity contribution is 0.218. The van der Waals surface area contributed by atoms with E-state index in [1.165, 1.54) is 23.5 Å². The average molecular weight is 579 g/mol. The maximum Gasteiger partial charge on any atom is 0.329 e. The van der Waals surface area contributed by atoms with Crippen LogP contribution >= 0.6 is 11.5 Å². The molecule has 3 atom stereocenters. The number of methoxy groups -OCH3 is 1. The van der Waals surface area contributed by atoms with Crippen molar-refractivity contribution in [3.05, 3.63) is 54.4 Å². The number of nitrogens with one attached hydrogen (secondary N) is 1. The Bertz CT molecular complexity index is 1720. The van der Waals surface area contributed by atoms with Gasteiger partial charge in [0.15, 0.2) is 5.65 Å². The van der Waals surface area contributed by atoms with Gasteiger partial charge in [0.25, 0.3) is 10.0 Å². The van der Waals surface area contributed by atoms with Crippen molar-refractivity contribution >= 4 is 49.4 Å². The van der Waals surface area contributed by atoms with Crippen molar-refractivity contribution < 1.29 is 17.9 Å². The monoisotopic (exact) mass is 578 g/mol. The number of ether oxygens (including phenoxy) is 1. The normalized spacial score (nSPS) is 20.3. The fourth-order valence-corrected chi connectivity index (χ4v) is 7.71. The predicted molar refractivity (Wildman–Crippen MR) is 149 cm³/mol. The van der Waals surface area contributed by atoms with Crippen molar-refractivity contribution in [3.63, 3.8) is 0 Å². The molecule has 0 bridgehead atoms. The molecule has 6 rings (SSSR count). The van der Waals surface area contributed by atoms with Gasteiger partial charge in [-0.1, -0.05) is 18.2 Å². The number of anilines is 2. The minimum atomic E-state index is -3.86. The average Bonchev–Trinajstić information content (AvgIpc) is 3.75. The standard InChI is InChI=1S/C26H26N8O4S2/c1-32(19-10-16-14-33(15-17(16)11-19)26(35)30-25-29-24(38-2)31-39-25)22-18(12-27)13-28-23-21(22)8-9-34(23)40(36,37)20-6-4-3-5-7-20/h3-9,13,16-17,19H,10-11,14-15H2,1-2H3,(H,29,30,31,35)/t16-,17+,19?. The van der Waals surface area contributed by atoms with Gasteiger partial charge in [-0.2, -0.15) is 10.2 Å². The Hall–Kier alpha value is -4.22. The van der Waals surface area contributed by atoms with Gasteiger partial charge in [-0.3, -0.25) is 5.32 Å². The lowest BCUT2D eigenvalue weighted by Crippen LogP contribution is -2.36. The fraction of sp³-hybridized carbons (Fsp3) is 0.346. The van der Waals surface area contributed by atoms with Gasteiger partial charge < -0.3 is 14.5 Å². The molecule has 0 spiro atoms. The third kappa shape index (κ3) is 4.40. The fourth-order valence-electron chi connectivity index (χ4n) is 5.86. The molecule has 2 fully saturated rings. The maximum absolute atomic E-state index is 13.3. The first kappa shape index (κ1) is 26.0. The number of amides is 2. The Kier molecular flexibility index (Phi) is 6.55. The molecule has 2 amide bonds. The van der Waals surface area contributed by atoms with Crippen molar-refractivity contribution in [1.82, 2.24) is 23.2 Å². The van der Waals surface area contributed by atoms with Crippen LogP contribution in [0.2, 0.25) is 0 Å². The van der Waals surface area contributed by atoms with Gasteiger partial charge in [0.1, 0.15) is 6.07 Å². The molecular weight excluding hydrogens is 552 g/mol. The molecule has 1 aliphatic carbocycles. The molecule has 2 aliphatic rings. The van der Waals surface area contributed by atoms with Gasteiger partial charge >= 0.3 is 12.0 Å². The minimum Gasteiger partial charge on any atom is -0.466 e. The first-order valence-corrected chi connectivity index (χ1v) is 14.9. The third-order valence-corrected chi connectivity index (χ3v) is 10.1.